The van der Waals surface area contributed by atoms with Crippen LogP contribution in [0, 0.1) is 0 Å². The van der Waals surface area contributed by atoms with E-state index in [1.807, 2.05) is 12.1 Å². The lowest BCUT2D eigenvalue weighted by Gasteiger charge is -2.32. The fourth-order valence-electron chi connectivity index (χ4n) is 2.12. The molecule has 0 aliphatic carbocycles. The van der Waals surface area contributed by atoms with Crippen molar-refractivity contribution in [2.24, 2.45) is 0 Å². The smallest absolute Gasteiger partial charge is 0.131 e. The maximum absolute atomic E-state index is 5.85. The van der Waals surface area contributed by atoms with Crippen molar-refractivity contribution in [3.63, 3.8) is 0 Å². The Morgan fingerprint density at radius 1 is 1.50 bits per heavy atom. The third kappa shape index (κ3) is 3.09. The molecule has 0 amide bonds. The monoisotopic (exact) mass is 239 g/mol. The van der Waals surface area contributed by atoms with Crippen LogP contribution in [0.4, 0.5) is 5.69 Å². The molecule has 1 aliphatic heterocycles. The highest BCUT2D eigenvalue weighted by Crippen LogP contribution is 2.18. The van der Waals surface area contributed by atoms with Gasteiger partial charge in [0.15, 0.2) is 0 Å². The molecule has 4 heteroatoms. The van der Waals surface area contributed by atoms with Gasteiger partial charge < -0.3 is 10.2 Å². The van der Waals surface area contributed by atoms with Gasteiger partial charge in [-0.05, 0) is 31.5 Å². The summed E-state index contributed by atoms with van der Waals surface area (Å²) < 4.78 is 0. The first kappa shape index (κ1) is 11.7. The lowest BCUT2D eigenvalue weighted by atomic mass is 10.0. The lowest BCUT2D eigenvalue weighted by Crippen LogP contribution is -2.38. The minimum atomic E-state index is 0.552. The van der Waals surface area contributed by atoms with Gasteiger partial charge in [0.1, 0.15) is 5.15 Å². The fraction of sp³-hybridized carbons (Fsp3) is 0.583. The van der Waals surface area contributed by atoms with Crippen LogP contribution in [0.25, 0.3) is 0 Å². The zero-order chi connectivity index (χ0) is 11.4. The normalized spacial score (nSPS) is 18.6. The lowest BCUT2D eigenvalue weighted by molar-refractivity contribution is 0.229. The highest BCUT2D eigenvalue weighted by atomic mass is 35.5. The van der Waals surface area contributed by atoms with E-state index in [-0.39, 0.29) is 0 Å². The Bertz CT molecular complexity index is 335. The first-order valence-electron chi connectivity index (χ1n) is 5.88. The minimum absolute atomic E-state index is 0.552. The van der Waals surface area contributed by atoms with Crippen LogP contribution in [-0.2, 0) is 0 Å². The van der Waals surface area contributed by atoms with Gasteiger partial charge in [0.2, 0.25) is 0 Å². The number of rotatable bonds is 3. The Hall–Kier alpha value is -0.800. The first-order chi connectivity index (χ1) is 7.78. The van der Waals surface area contributed by atoms with Gasteiger partial charge in [0, 0.05) is 31.0 Å². The summed E-state index contributed by atoms with van der Waals surface area (Å²) in [6.07, 6.45) is 4.15. The summed E-state index contributed by atoms with van der Waals surface area (Å²) in [7, 11) is 0. The average Bonchev–Trinajstić information content (AvgIpc) is 2.30. The molecule has 3 nitrogen and oxygen atoms in total. The van der Waals surface area contributed by atoms with Gasteiger partial charge in [-0.25, -0.2) is 4.98 Å². The molecule has 0 radical (unpaired) electrons. The van der Waals surface area contributed by atoms with Gasteiger partial charge in [0.25, 0.3) is 0 Å². The van der Waals surface area contributed by atoms with Gasteiger partial charge in [0.05, 0.1) is 0 Å². The van der Waals surface area contributed by atoms with Gasteiger partial charge in [-0.15, -0.1) is 0 Å². The summed E-state index contributed by atoms with van der Waals surface area (Å²) in [5, 5.41) is 4.07. The largest absolute Gasteiger partial charge is 0.382 e. The van der Waals surface area contributed by atoms with Gasteiger partial charge in [-0.3, -0.25) is 0 Å². The van der Waals surface area contributed by atoms with Crippen molar-refractivity contribution < 1.29 is 0 Å². The van der Waals surface area contributed by atoms with Crippen LogP contribution < -0.4 is 5.32 Å². The molecule has 1 aromatic heterocycles. The highest BCUT2D eigenvalue weighted by Gasteiger charge is 2.17. The van der Waals surface area contributed by atoms with Crippen LogP contribution in [0.3, 0.4) is 0 Å². The molecular weight excluding hydrogens is 222 g/mol. The SMILES string of the molecule is CCN1CCC(Nc2ccnc(Cl)c2)CC1. The van der Waals surface area contributed by atoms with E-state index in [2.05, 4.69) is 22.1 Å². The van der Waals surface area contributed by atoms with Crippen molar-refractivity contribution >= 4 is 17.3 Å². The maximum atomic E-state index is 5.85. The van der Waals surface area contributed by atoms with Crippen LogP contribution in [0.1, 0.15) is 19.8 Å². The van der Waals surface area contributed by atoms with Crippen molar-refractivity contribution in [2.45, 2.75) is 25.8 Å². The van der Waals surface area contributed by atoms with Crippen LogP contribution in [0.2, 0.25) is 5.15 Å². The number of aromatic nitrogens is 1. The second-order valence-electron chi connectivity index (χ2n) is 4.22. The number of pyridine rings is 1. The molecule has 1 fully saturated rings. The molecule has 1 N–H and O–H groups in total. The Kier molecular flexibility index (Phi) is 4.02. The molecule has 1 aliphatic rings. The minimum Gasteiger partial charge on any atom is -0.382 e. The molecule has 0 aromatic carbocycles. The van der Waals surface area contributed by atoms with Gasteiger partial charge >= 0.3 is 0 Å². The fourth-order valence-corrected chi connectivity index (χ4v) is 2.30. The molecule has 16 heavy (non-hydrogen) atoms. The Morgan fingerprint density at radius 2 is 2.25 bits per heavy atom. The quantitative estimate of drug-likeness (QED) is 0.822. The van der Waals surface area contributed by atoms with Crippen molar-refractivity contribution in [1.29, 1.82) is 0 Å². The molecule has 0 atom stereocenters. The molecule has 2 rings (SSSR count). The average molecular weight is 240 g/mol. The van der Waals surface area contributed by atoms with Crippen LogP contribution in [0.15, 0.2) is 18.3 Å². The predicted molar refractivity (Wildman–Crippen MR) is 68.0 cm³/mol. The number of anilines is 1. The molecule has 0 bridgehead atoms. The third-order valence-electron chi connectivity index (χ3n) is 3.13. The van der Waals surface area contributed by atoms with E-state index in [1.165, 1.54) is 25.9 Å². The van der Waals surface area contributed by atoms with E-state index in [0.717, 1.165) is 12.2 Å². The molecule has 0 spiro atoms. The second-order valence-corrected chi connectivity index (χ2v) is 4.61. The van der Waals surface area contributed by atoms with E-state index in [1.54, 1.807) is 6.20 Å². The third-order valence-corrected chi connectivity index (χ3v) is 3.34. The molecule has 0 saturated carbocycles. The van der Waals surface area contributed by atoms with Gasteiger partial charge in [-0.2, -0.15) is 0 Å². The van der Waals surface area contributed by atoms with E-state index < -0.39 is 0 Å². The summed E-state index contributed by atoms with van der Waals surface area (Å²) in [5.41, 5.74) is 1.08. The Labute approximate surface area is 102 Å². The standard InChI is InChI=1S/C12H18ClN3/c1-2-16-7-4-10(5-8-16)15-11-3-6-14-12(13)9-11/h3,6,9-10H,2,4-5,7-8H2,1H3,(H,14,15). The number of halogens is 1. The van der Waals surface area contributed by atoms with Crippen LogP contribution in [-0.4, -0.2) is 35.6 Å². The van der Waals surface area contributed by atoms with E-state index in [4.69, 9.17) is 11.6 Å². The van der Waals surface area contributed by atoms with E-state index in [0.29, 0.717) is 11.2 Å². The van der Waals surface area contributed by atoms with Crippen molar-refractivity contribution in [1.82, 2.24) is 9.88 Å². The van der Waals surface area contributed by atoms with E-state index >= 15 is 0 Å². The maximum Gasteiger partial charge on any atom is 0.131 e. The number of nitrogens with zero attached hydrogens (tertiary/aromatic N) is 2. The molecular formula is C12H18ClN3. The second kappa shape index (κ2) is 5.51. The van der Waals surface area contributed by atoms with E-state index in [9.17, 15) is 0 Å². The summed E-state index contributed by atoms with van der Waals surface area (Å²) >= 11 is 5.85. The highest BCUT2D eigenvalue weighted by molar-refractivity contribution is 6.29. The number of hydrogen-bond acceptors (Lipinski definition) is 3. The molecule has 88 valence electrons. The zero-order valence-electron chi connectivity index (χ0n) is 9.62. The number of likely N-dealkylation sites (tertiary alicyclic amines) is 1. The summed E-state index contributed by atoms with van der Waals surface area (Å²) in [6.45, 7) is 5.75. The Balaban J connectivity index is 1.87. The van der Waals surface area contributed by atoms with Crippen LogP contribution >= 0.6 is 11.6 Å². The molecule has 2 heterocycles. The van der Waals surface area contributed by atoms with Gasteiger partial charge in [-0.1, -0.05) is 18.5 Å². The predicted octanol–water partition coefficient (Wildman–Crippen LogP) is 2.63. The summed E-state index contributed by atoms with van der Waals surface area (Å²) in [5.74, 6) is 0. The number of piperidine rings is 1. The van der Waals surface area contributed by atoms with Crippen molar-refractivity contribution in [3.05, 3.63) is 23.5 Å². The molecule has 1 aromatic rings. The molecule has 1 saturated heterocycles. The van der Waals surface area contributed by atoms with Crippen LogP contribution in [0.5, 0.6) is 0 Å². The summed E-state index contributed by atoms with van der Waals surface area (Å²) in [4.78, 5) is 6.46. The first-order valence-corrected chi connectivity index (χ1v) is 6.26. The number of hydrogen-bond donors (Lipinski definition) is 1. The topological polar surface area (TPSA) is 28.2 Å². The summed E-state index contributed by atoms with van der Waals surface area (Å²) in [6, 6.07) is 4.42. The Morgan fingerprint density at radius 3 is 2.88 bits per heavy atom. The van der Waals surface area contributed by atoms with Crippen molar-refractivity contribution in [2.75, 3.05) is 25.0 Å². The molecule has 0 unspecified atom stereocenters. The number of nitrogens with one attached hydrogen (secondary N) is 1. The zero-order valence-corrected chi connectivity index (χ0v) is 10.4. The van der Waals surface area contributed by atoms with Crippen molar-refractivity contribution in [3.8, 4) is 0 Å².